The summed E-state index contributed by atoms with van der Waals surface area (Å²) in [5.74, 6) is -0.0379. The molecule has 198 valence electrons. The van der Waals surface area contributed by atoms with Crippen molar-refractivity contribution in [3.63, 3.8) is 0 Å². The van der Waals surface area contributed by atoms with Gasteiger partial charge in [-0.25, -0.2) is 4.98 Å². The lowest BCUT2D eigenvalue weighted by Crippen LogP contribution is -2.56. The van der Waals surface area contributed by atoms with E-state index in [1.165, 1.54) is 4.88 Å². The number of amides is 2. The monoisotopic (exact) mass is 513 g/mol. The Kier molecular flexibility index (Phi) is 10.5. The molecule has 0 aliphatic carbocycles. The lowest BCUT2D eigenvalue weighted by molar-refractivity contribution is -0.142. The molecule has 0 radical (unpaired) electrons. The SMILES string of the molecule is Cc1ncsc1-c1ccc(CNC(=O)[C@@H]2CCCN2C(=O)C(NCCCCCCN)C(C)(C)C)cc1. The molecule has 0 spiro atoms. The second kappa shape index (κ2) is 13.3. The van der Waals surface area contributed by atoms with Gasteiger partial charge in [0.2, 0.25) is 11.8 Å². The number of hydrogen-bond acceptors (Lipinski definition) is 6. The normalized spacial score (nSPS) is 16.8. The molecule has 1 aromatic heterocycles. The molecular formula is C28H43N5O2S. The highest BCUT2D eigenvalue weighted by atomic mass is 32.1. The van der Waals surface area contributed by atoms with Gasteiger partial charge in [0.1, 0.15) is 6.04 Å². The van der Waals surface area contributed by atoms with Crippen LogP contribution in [0.4, 0.5) is 0 Å². The Morgan fingerprint density at radius 1 is 1.17 bits per heavy atom. The average molecular weight is 514 g/mol. The Hall–Kier alpha value is -2.29. The van der Waals surface area contributed by atoms with Crippen molar-refractivity contribution in [3.8, 4) is 10.4 Å². The van der Waals surface area contributed by atoms with Crippen LogP contribution in [0.3, 0.4) is 0 Å². The molecule has 7 nitrogen and oxygen atoms in total. The topological polar surface area (TPSA) is 100 Å². The standard InChI is InChI=1S/C28H43N5O2S/c1-20-24(36-19-32-20)22-13-11-21(12-14-22)18-31-26(34)23-10-9-17-33(23)27(35)25(28(2,3)4)30-16-8-6-5-7-15-29/h11-14,19,23,25,30H,5-10,15-18,29H2,1-4H3,(H,31,34)/t23-,25?/m0/s1. The molecule has 1 fully saturated rings. The first kappa shape index (κ1) is 28.3. The molecule has 0 bridgehead atoms. The highest BCUT2D eigenvalue weighted by molar-refractivity contribution is 7.13. The Labute approximate surface area is 220 Å². The van der Waals surface area contributed by atoms with Crippen molar-refractivity contribution in [1.29, 1.82) is 0 Å². The highest BCUT2D eigenvalue weighted by Gasteiger charge is 2.40. The van der Waals surface area contributed by atoms with E-state index in [2.05, 4.69) is 48.5 Å². The van der Waals surface area contributed by atoms with Crippen LogP contribution >= 0.6 is 11.3 Å². The van der Waals surface area contributed by atoms with Crippen LogP contribution < -0.4 is 16.4 Å². The number of benzene rings is 1. The van der Waals surface area contributed by atoms with Gasteiger partial charge in [-0.3, -0.25) is 9.59 Å². The van der Waals surface area contributed by atoms with Crippen molar-refractivity contribution in [2.24, 2.45) is 11.1 Å². The van der Waals surface area contributed by atoms with Crippen LogP contribution in [0.5, 0.6) is 0 Å². The fraction of sp³-hybridized carbons (Fsp3) is 0.607. The Morgan fingerprint density at radius 2 is 1.89 bits per heavy atom. The van der Waals surface area contributed by atoms with E-state index < -0.39 is 6.04 Å². The first-order chi connectivity index (χ1) is 17.2. The molecule has 2 aromatic rings. The van der Waals surface area contributed by atoms with Gasteiger partial charge in [0.05, 0.1) is 22.1 Å². The fourth-order valence-electron chi connectivity index (χ4n) is 4.76. The molecule has 0 saturated carbocycles. The van der Waals surface area contributed by atoms with Gasteiger partial charge in [-0.15, -0.1) is 11.3 Å². The first-order valence-corrected chi connectivity index (χ1v) is 14.1. The molecule has 1 aliphatic rings. The number of unbranched alkanes of at least 4 members (excludes halogenated alkanes) is 3. The third-order valence-electron chi connectivity index (χ3n) is 6.86. The third-order valence-corrected chi connectivity index (χ3v) is 7.84. The lowest BCUT2D eigenvalue weighted by Gasteiger charge is -2.35. The molecule has 1 aliphatic heterocycles. The minimum Gasteiger partial charge on any atom is -0.350 e. The van der Waals surface area contributed by atoms with Gasteiger partial charge in [-0.2, -0.15) is 0 Å². The van der Waals surface area contributed by atoms with Crippen molar-refractivity contribution in [2.45, 2.75) is 84.8 Å². The van der Waals surface area contributed by atoms with E-state index in [0.29, 0.717) is 19.5 Å². The molecule has 2 amide bonds. The van der Waals surface area contributed by atoms with Gasteiger partial charge in [0, 0.05) is 13.1 Å². The maximum absolute atomic E-state index is 13.6. The van der Waals surface area contributed by atoms with Crippen molar-refractivity contribution in [3.05, 3.63) is 41.0 Å². The summed E-state index contributed by atoms with van der Waals surface area (Å²) in [6.45, 7) is 10.9. The van der Waals surface area contributed by atoms with Crippen molar-refractivity contribution in [1.82, 2.24) is 20.5 Å². The summed E-state index contributed by atoms with van der Waals surface area (Å²) in [7, 11) is 0. The Bertz CT molecular complexity index is 983. The van der Waals surface area contributed by atoms with Crippen molar-refractivity contribution in [2.75, 3.05) is 19.6 Å². The second-order valence-corrected chi connectivity index (χ2v) is 11.7. The largest absolute Gasteiger partial charge is 0.350 e. The van der Waals surface area contributed by atoms with Gasteiger partial charge < -0.3 is 21.3 Å². The predicted octanol–water partition coefficient (Wildman–Crippen LogP) is 4.25. The van der Waals surface area contributed by atoms with Gasteiger partial charge >= 0.3 is 0 Å². The number of carbonyl (C=O) groups is 2. The molecule has 3 rings (SSSR count). The minimum absolute atomic E-state index is 0.0337. The number of aromatic nitrogens is 1. The molecule has 4 N–H and O–H groups in total. The quantitative estimate of drug-likeness (QED) is 0.369. The van der Waals surface area contributed by atoms with E-state index in [-0.39, 0.29) is 23.3 Å². The predicted molar refractivity (Wildman–Crippen MR) is 148 cm³/mol. The van der Waals surface area contributed by atoms with Crippen LogP contribution in [-0.2, 0) is 16.1 Å². The summed E-state index contributed by atoms with van der Waals surface area (Å²) < 4.78 is 0. The first-order valence-electron chi connectivity index (χ1n) is 13.2. The van der Waals surface area contributed by atoms with Gasteiger partial charge in [0.25, 0.3) is 0 Å². The zero-order valence-corrected chi connectivity index (χ0v) is 23.1. The number of aryl methyl sites for hydroxylation is 1. The number of rotatable bonds is 12. The lowest BCUT2D eigenvalue weighted by atomic mass is 9.85. The van der Waals surface area contributed by atoms with E-state index in [0.717, 1.165) is 62.0 Å². The number of nitrogens with two attached hydrogens (primary N) is 1. The summed E-state index contributed by atoms with van der Waals surface area (Å²) in [6.07, 6.45) is 5.84. The third kappa shape index (κ3) is 7.60. The van der Waals surface area contributed by atoms with E-state index >= 15 is 0 Å². The number of thiazole rings is 1. The molecule has 2 atom stereocenters. The van der Waals surface area contributed by atoms with E-state index in [1.54, 1.807) is 16.2 Å². The number of likely N-dealkylation sites (tertiary alicyclic amines) is 1. The zero-order valence-electron chi connectivity index (χ0n) is 22.3. The van der Waals surface area contributed by atoms with Crippen LogP contribution in [0.25, 0.3) is 10.4 Å². The Balaban J connectivity index is 1.55. The number of nitrogens with zero attached hydrogens (tertiary/aromatic N) is 2. The summed E-state index contributed by atoms with van der Waals surface area (Å²) in [4.78, 5) is 34.0. The maximum atomic E-state index is 13.6. The van der Waals surface area contributed by atoms with Crippen LogP contribution in [0.2, 0.25) is 0 Å². The fourth-order valence-corrected chi connectivity index (χ4v) is 5.57. The van der Waals surface area contributed by atoms with Crippen LogP contribution in [0.1, 0.15) is 70.6 Å². The van der Waals surface area contributed by atoms with E-state index in [4.69, 9.17) is 5.73 Å². The van der Waals surface area contributed by atoms with Crippen molar-refractivity contribution >= 4 is 23.2 Å². The van der Waals surface area contributed by atoms with Crippen LogP contribution in [0.15, 0.2) is 29.8 Å². The second-order valence-electron chi connectivity index (χ2n) is 10.8. The molecule has 36 heavy (non-hydrogen) atoms. The highest BCUT2D eigenvalue weighted by Crippen LogP contribution is 2.28. The van der Waals surface area contributed by atoms with Crippen LogP contribution in [-0.4, -0.2) is 53.4 Å². The summed E-state index contributed by atoms with van der Waals surface area (Å²) in [5.41, 5.74) is 10.4. The van der Waals surface area contributed by atoms with Gasteiger partial charge in [-0.05, 0) is 62.2 Å². The van der Waals surface area contributed by atoms with Crippen molar-refractivity contribution < 1.29 is 9.59 Å². The van der Waals surface area contributed by atoms with E-state index in [1.807, 2.05) is 24.6 Å². The molecule has 1 unspecified atom stereocenters. The summed E-state index contributed by atoms with van der Waals surface area (Å²) in [6, 6.07) is 7.50. The van der Waals surface area contributed by atoms with Gasteiger partial charge in [0.15, 0.2) is 0 Å². The molecular weight excluding hydrogens is 470 g/mol. The van der Waals surface area contributed by atoms with E-state index in [9.17, 15) is 9.59 Å². The molecule has 8 heteroatoms. The minimum atomic E-state index is -0.409. The number of nitrogens with one attached hydrogen (secondary N) is 2. The molecule has 1 saturated heterocycles. The maximum Gasteiger partial charge on any atom is 0.243 e. The molecule has 1 aromatic carbocycles. The van der Waals surface area contributed by atoms with Gasteiger partial charge in [-0.1, -0.05) is 57.9 Å². The zero-order chi connectivity index (χ0) is 26.1. The van der Waals surface area contributed by atoms with Crippen LogP contribution in [0, 0.1) is 12.3 Å². The number of carbonyl (C=O) groups excluding carboxylic acids is 2. The smallest absolute Gasteiger partial charge is 0.243 e. The summed E-state index contributed by atoms with van der Waals surface area (Å²) in [5, 5.41) is 6.56. The Morgan fingerprint density at radius 3 is 2.53 bits per heavy atom. The number of hydrogen-bond donors (Lipinski definition) is 3. The molecule has 2 heterocycles. The summed E-state index contributed by atoms with van der Waals surface area (Å²) >= 11 is 1.63. The average Bonchev–Trinajstić information content (AvgIpc) is 3.50.